The first-order valence-corrected chi connectivity index (χ1v) is 15.7. The average Bonchev–Trinajstić information content (AvgIpc) is 3.64. The van der Waals surface area contributed by atoms with Crippen molar-refractivity contribution in [3.05, 3.63) is 121 Å². The molecule has 0 radical (unpaired) electrons. The Hall–Kier alpha value is -5.02. The first kappa shape index (κ1) is 30.0. The summed E-state index contributed by atoms with van der Waals surface area (Å²) >= 11 is 1.25. The van der Waals surface area contributed by atoms with Crippen LogP contribution >= 0.6 is 11.3 Å². The molecule has 45 heavy (non-hydrogen) atoms. The van der Waals surface area contributed by atoms with E-state index in [4.69, 9.17) is 14.1 Å². The lowest BCUT2D eigenvalue weighted by atomic mass is 9.90. The normalized spacial score (nSPS) is 14.8. The van der Waals surface area contributed by atoms with Gasteiger partial charge in [-0.2, -0.15) is 0 Å². The van der Waals surface area contributed by atoms with Crippen molar-refractivity contribution in [2.24, 2.45) is 4.99 Å². The highest BCUT2D eigenvalue weighted by Gasteiger charge is 2.36. The van der Waals surface area contributed by atoms with Gasteiger partial charge in [0.1, 0.15) is 23.3 Å². The Balaban J connectivity index is 1.54. The van der Waals surface area contributed by atoms with Crippen molar-refractivity contribution in [1.82, 2.24) is 9.47 Å². The van der Waals surface area contributed by atoms with Gasteiger partial charge in [-0.1, -0.05) is 65.9 Å². The van der Waals surface area contributed by atoms with E-state index in [0.717, 1.165) is 21.9 Å². The zero-order valence-electron chi connectivity index (χ0n) is 25.8. The van der Waals surface area contributed by atoms with Crippen LogP contribution in [-0.2, 0) is 4.79 Å². The number of thiazole rings is 1. The predicted molar refractivity (Wildman–Crippen MR) is 176 cm³/mol. The molecular weight excluding hydrogens is 586 g/mol. The van der Waals surface area contributed by atoms with Gasteiger partial charge in [-0.25, -0.2) is 4.99 Å². The summed E-state index contributed by atoms with van der Waals surface area (Å²) in [5.74, 6) is 1.53. The molecule has 1 aliphatic rings. The lowest BCUT2D eigenvalue weighted by Gasteiger charge is -2.30. The van der Waals surface area contributed by atoms with Crippen LogP contribution in [0.15, 0.2) is 98.3 Å². The number of fused-ring (bicyclic) bond motifs is 2. The number of carbonyl (C=O) groups excluding carboxylic acids is 2. The number of methoxy groups -OCH3 is 1. The third kappa shape index (κ3) is 5.33. The monoisotopic (exact) mass is 619 g/mol. The van der Waals surface area contributed by atoms with E-state index in [1.54, 1.807) is 40.9 Å². The first-order chi connectivity index (χ1) is 21.7. The second-order valence-corrected chi connectivity index (χ2v) is 11.8. The number of ether oxygens (including phenoxy) is 1. The molecule has 0 bridgehead atoms. The number of amides is 1. The van der Waals surface area contributed by atoms with Crippen molar-refractivity contribution in [2.45, 2.75) is 33.7 Å². The van der Waals surface area contributed by atoms with Crippen LogP contribution in [0.2, 0.25) is 0 Å². The van der Waals surface area contributed by atoms with Crippen LogP contribution in [0.5, 0.6) is 5.75 Å². The molecule has 0 fully saturated rings. The van der Waals surface area contributed by atoms with Gasteiger partial charge < -0.3 is 14.1 Å². The Morgan fingerprint density at radius 3 is 2.44 bits per heavy atom. The highest BCUT2D eigenvalue weighted by atomic mass is 32.1. The molecule has 8 nitrogen and oxygen atoms in total. The second-order valence-electron chi connectivity index (χ2n) is 10.8. The Morgan fingerprint density at radius 1 is 1.02 bits per heavy atom. The van der Waals surface area contributed by atoms with Crippen LogP contribution in [0.1, 0.15) is 55.4 Å². The maximum atomic E-state index is 14.3. The largest absolute Gasteiger partial charge is 0.496 e. The number of ketones is 1. The van der Waals surface area contributed by atoms with Crippen molar-refractivity contribution in [3.63, 3.8) is 0 Å². The van der Waals surface area contributed by atoms with E-state index < -0.39 is 6.04 Å². The van der Waals surface area contributed by atoms with E-state index >= 15 is 0 Å². The van der Waals surface area contributed by atoms with Gasteiger partial charge in [0, 0.05) is 35.9 Å². The molecule has 1 atom stereocenters. The number of benzene rings is 3. The molecular formula is C36H33N3O5S. The minimum Gasteiger partial charge on any atom is -0.496 e. The SMILES string of the molecule is CCN(CC)C(=O)C1=C(C)N=c2s/c(=C/c3ccc(-c4ccc(C(C)=O)cc4)o3)c(=O)n2[C@H]1c1c(OC)ccc2ccccc12. The lowest BCUT2D eigenvalue weighted by molar-refractivity contribution is -0.127. The molecule has 0 spiro atoms. The van der Waals surface area contributed by atoms with Crippen molar-refractivity contribution < 1.29 is 18.7 Å². The molecule has 3 aromatic carbocycles. The number of rotatable bonds is 8. The quantitative estimate of drug-likeness (QED) is 0.207. The van der Waals surface area contributed by atoms with Gasteiger partial charge in [0.05, 0.1) is 22.9 Å². The molecule has 3 heterocycles. The number of hydrogen-bond donors (Lipinski definition) is 0. The van der Waals surface area contributed by atoms with Gasteiger partial charge in [-0.3, -0.25) is 19.0 Å². The summed E-state index contributed by atoms with van der Waals surface area (Å²) in [6.07, 6.45) is 1.71. The molecule has 0 unspecified atom stereocenters. The molecule has 2 aromatic heterocycles. The lowest BCUT2D eigenvalue weighted by Crippen LogP contribution is -2.43. The van der Waals surface area contributed by atoms with Gasteiger partial charge in [0.25, 0.3) is 11.5 Å². The molecule has 0 saturated heterocycles. The van der Waals surface area contributed by atoms with Crippen molar-refractivity contribution >= 4 is 39.9 Å². The fourth-order valence-corrected chi connectivity index (χ4v) is 6.90. The number of aromatic nitrogens is 1. The van der Waals surface area contributed by atoms with E-state index in [1.165, 1.54) is 18.3 Å². The molecule has 0 N–H and O–H groups in total. The molecule has 1 amide bonds. The highest BCUT2D eigenvalue weighted by molar-refractivity contribution is 7.07. The summed E-state index contributed by atoms with van der Waals surface area (Å²) < 4.78 is 14.0. The summed E-state index contributed by atoms with van der Waals surface area (Å²) in [6.45, 7) is 8.28. The van der Waals surface area contributed by atoms with E-state index in [0.29, 0.717) is 56.5 Å². The van der Waals surface area contributed by atoms with E-state index in [1.807, 2.05) is 75.4 Å². The maximum absolute atomic E-state index is 14.3. The van der Waals surface area contributed by atoms with Crippen LogP contribution < -0.4 is 19.6 Å². The van der Waals surface area contributed by atoms with Crippen molar-refractivity contribution in [3.8, 4) is 17.1 Å². The summed E-state index contributed by atoms with van der Waals surface area (Å²) in [4.78, 5) is 47.2. The minimum absolute atomic E-state index is 0.00586. The van der Waals surface area contributed by atoms with E-state index in [9.17, 15) is 14.4 Å². The van der Waals surface area contributed by atoms with Crippen LogP contribution in [0, 0.1) is 0 Å². The van der Waals surface area contributed by atoms with E-state index in [-0.39, 0.29) is 17.2 Å². The van der Waals surface area contributed by atoms with Crippen LogP contribution in [-0.4, -0.2) is 41.4 Å². The topological polar surface area (TPSA) is 94.1 Å². The zero-order chi connectivity index (χ0) is 31.8. The number of Topliss-reactive ketones (excluding diaryl/α,β-unsaturated/α-hetero) is 1. The average molecular weight is 620 g/mol. The van der Waals surface area contributed by atoms with Crippen LogP contribution in [0.25, 0.3) is 28.2 Å². The number of furan rings is 1. The molecule has 228 valence electrons. The van der Waals surface area contributed by atoms with Gasteiger partial charge >= 0.3 is 0 Å². The smallest absolute Gasteiger partial charge is 0.271 e. The summed E-state index contributed by atoms with van der Waals surface area (Å²) in [5.41, 5.74) is 2.91. The summed E-state index contributed by atoms with van der Waals surface area (Å²) in [6, 6.07) is 21.8. The summed E-state index contributed by atoms with van der Waals surface area (Å²) in [5, 5.41) is 1.86. The van der Waals surface area contributed by atoms with Gasteiger partial charge in [0.15, 0.2) is 10.6 Å². The number of likely N-dealkylation sites (N-methyl/N-ethyl adjacent to an activating group) is 1. The molecule has 6 rings (SSSR count). The molecule has 0 aliphatic carbocycles. The molecule has 5 aromatic rings. The fraction of sp³-hybridized carbons (Fsp3) is 0.222. The van der Waals surface area contributed by atoms with E-state index in [2.05, 4.69) is 0 Å². The number of hydrogen-bond acceptors (Lipinski definition) is 7. The van der Waals surface area contributed by atoms with Crippen molar-refractivity contribution in [1.29, 1.82) is 0 Å². The highest BCUT2D eigenvalue weighted by Crippen LogP contribution is 2.40. The summed E-state index contributed by atoms with van der Waals surface area (Å²) in [7, 11) is 1.60. The predicted octanol–water partition coefficient (Wildman–Crippen LogP) is 5.73. The maximum Gasteiger partial charge on any atom is 0.271 e. The molecule has 0 saturated carbocycles. The van der Waals surface area contributed by atoms with Gasteiger partial charge in [0.2, 0.25) is 0 Å². The number of nitrogens with zero attached hydrogens (tertiary/aromatic N) is 3. The second kappa shape index (κ2) is 12.2. The first-order valence-electron chi connectivity index (χ1n) is 14.8. The Bertz CT molecular complexity index is 2160. The van der Waals surface area contributed by atoms with Crippen LogP contribution in [0.4, 0.5) is 0 Å². The standard InChI is InChI=1S/C36H33N3O5S/c1-6-38(7-2)35(42)31-21(3)37-36-39(33(31)32-27-11-9-8-10-24(27)16-18-29(32)43-5)34(41)30(45-36)20-26-17-19-28(44-26)25-14-12-23(13-15-25)22(4)40/h8-20,33H,6-7H2,1-5H3/b30-20+/t33-/m1/s1. The van der Waals surface area contributed by atoms with Crippen LogP contribution in [0.3, 0.4) is 0 Å². The Labute approximate surface area is 264 Å². The molecule has 1 aliphatic heterocycles. The molecule has 9 heteroatoms. The minimum atomic E-state index is -0.760. The van der Waals surface area contributed by atoms with Gasteiger partial charge in [-0.05, 0) is 56.7 Å². The third-order valence-corrected chi connectivity index (χ3v) is 9.19. The number of carbonyl (C=O) groups is 2. The number of allylic oxidation sites excluding steroid dienone is 1. The Morgan fingerprint density at radius 2 is 1.76 bits per heavy atom. The van der Waals surface area contributed by atoms with Crippen molar-refractivity contribution in [2.75, 3.05) is 20.2 Å². The zero-order valence-corrected chi connectivity index (χ0v) is 26.6. The fourth-order valence-electron chi connectivity index (χ4n) is 5.87. The Kier molecular flexibility index (Phi) is 8.12. The third-order valence-electron chi connectivity index (χ3n) is 8.20. The van der Waals surface area contributed by atoms with Gasteiger partial charge in [-0.15, -0.1) is 0 Å².